The van der Waals surface area contributed by atoms with E-state index in [9.17, 15) is 23.2 Å². The minimum absolute atomic E-state index is 0. The summed E-state index contributed by atoms with van der Waals surface area (Å²) in [6.07, 6.45) is 1.68. The Hall–Kier alpha value is -3.81. The number of carbonyl (C=O) groups excluding carboxylic acids is 3. The summed E-state index contributed by atoms with van der Waals surface area (Å²) in [5.74, 6) is -2.57. The van der Waals surface area contributed by atoms with Crippen LogP contribution in [0.5, 0.6) is 5.75 Å². The van der Waals surface area contributed by atoms with Crippen molar-refractivity contribution in [2.45, 2.75) is 52.2 Å². The van der Waals surface area contributed by atoms with Gasteiger partial charge in [0, 0.05) is 18.0 Å². The second-order valence-electron chi connectivity index (χ2n) is 11.3. The van der Waals surface area contributed by atoms with Crippen LogP contribution in [-0.4, -0.2) is 71.4 Å². The molecule has 0 bridgehead atoms. The van der Waals surface area contributed by atoms with Crippen molar-refractivity contribution < 1.29 is 27.9 Å². The van der Waals surface area contributed by atoms with Crippen molar-refractivity contribution in [2.75, 3.05) is 31.3 Å². The van der Waals surface area contributed by atoms with Crippen molar-refractivity contribution in [1.29, 1.82) is 0 Å². The fourth-order valence-corrected chi connectivity index (χ4v) is 4.72. The monoisotopic (exact) mass is 653 g/mol. The number of ether oxygens (including phenoxy) is 1. The number of hydrogen-bond acceptors (Lipinski definition) is 8. The molecule has 3 atom stereocenters. The van der Waals surface area contributed by atoms with Crippen LogP contribution in [0.2, 0.25) is 5.02 Å². The van der Waals surface area contributed by atoms with E-state index in [1.165, 1.54) is 24.4 Å². The zero-order chi connectivity index (χ0) is 31.6. The molecule has 4 N–H and O–H groups in total. The number of nitrogens with one attached hydrogen (secondary N) is 4. The van der Waals surface area contributed by atoms with Gasteiger partial charge in [-0.25, -0.2) is 18.7 Å². The minimum Gasteiger partial charge on any atom is -0.494 e. The van der Waals surface area contributed by atoms with Crippen molar-refractivity contribution in [3.63, 3.8) is 0 Å². The SMILES string of the molecule is CN[C@@H](C)C(=O)N[C@H](C(=O)N1CC[C@H]1C(=O)Nc1cc2c(Nc3ccc(F)c(Cl)c3F)ncnc2cc1OC)C(C)(C)C.Cl. The summed E-state index contributed by atoms with van der Waals surface area (Å²) in [5.41, 5.74) is -0.0454. The highest BCUT2D eigenvalue weighted by atomic mass is 35.5. The molecule has 0 spiro atoms. The highest BCUT2D eigenvalue weighted by molar-refractivity contribution is 6.31. The van der Waals surface area contributed by atoms with E-state index in [0.717, 1.165) is 6.07 Å². The number of benzene rings is 2. The summed E-state index contributed by atoms with van der Waals surface area (Å²) >= 11 is 5.72. The fourth-order valence-electron chi connectivity index (χ4n) is 4.55. The first-order valence-electron chi connectivity index (χ1n) is 13.6. The third kappa shape index (κ3) is 7.11. The predicted octanol–water partition coefficient (Wildman–Crippen LogP) is 4.41. The number of likely N-dealkylation sites (tertiary alicyclic amines) is 1. The Kier molecular flexibility index (Phi) is 10.9. The van der Waals surface area contributed by atoms with Crippen LogP contribution in [0.15, 0.2) is 30.6 Å². The number of nitrogens with zero attached hydrogens (tertiary/aromatic N) is 3. The molecule has 2 aromatic carbocycles. The number of anilines is 3. The third-order valence-electron chi connectivity index (χ3n) is 7.33. The lowest BCUT2D eigenvalue weighted by atomic mass is 9.84. The lowest BCUT2D eigenvalue weighted by Gasteiger charge is -2.44. The summed E-state index contributed by atoms with van der Waals surface area (Å²) in [7, 11) is 3.08. The van der Waals surface area contributed by atoms with Crippen LogP contribution in [0, 0.1) is 17.0 Å². The number of carbonyl (C=O) groups is 3. The minimum atomic E-state index is -0.990. The van der Waals surface area contributed by atoms with Gasteiger partial charge in [-0.15, -0.1) is 12.4 Å². The van der Waals surface area contributed by atoms with E-state index in [1.54, 1.807) is 26.1 Å². The first-order valence-corrected chi connectivity index (χ1v) is 14.0. The van der Waals surface area contributed by atoms with Crippen LogP contribution in [0.1, 0.15) is 34.1 Å². The lowest BCUT2D eigenvalue weighted by Crippen LogP contribution is -2.64. The summed E-state index contributed by atoms with van der Waals surface area (Å²) in [5, 5.41) is 11.0. The maximum absolute atomic E-state index is 14.6. The molecule has 238 valence electrons. The number of aromatic nitrogens is 2. The fraction of sp³-hybridized carbons (Fsp3) is 0.414. The number of halogens is 4. The highest BCUT2D eigenvalue weighted by Crippen LogP contribution is 2.35. The van der Waals surface area contributed by atoms with Gasteiger partial charge in [0.1, 0.15) is 40.8 Å². The first kappa shape index (κ1) is 34.7. The van der Waals surface area contributed by atoms with Gasteiger partial charge in [0.15, 0.2) is 5.82 Å². The number of likely N-dealkylation sites (N-methyl/N-ethyl adjacent to an activating group) is 1. The predicted molar refractivity (Wildman–Crippen MR) is 167 cm³/mol. The Labute approximate surface area is 264 Å². The van der Waals surface area contributed by atoms with Crippen LogP contribution < -0.4 is 26.0 Å². The molecular formula is C29H35Cl2F2N7O4. The standard InChI is InChI=1S/C29H34ClF2N7O4.ClH/c1-14(33-5)26(40)38-24(29(2,3)4)28(42)39-10-9-20(39)27(41)37-19-11-15-18(12-21(19)43-6)34-13-35-25(15)36-17-8-7-16(31)22(30)23(17)32;/h7-8,11-14,20,24,33H,9-10H2,1-6H3,(H,37,41)(H,38,40)(H,34,35,36);1H/t14-,20-,24+;/m0./s1. The molecule has 1 aliphatic heterocycles. The molecule has 0 unspecified atom stereocenters. The molecule has 15 heteroatoms. The first-order chi connectivity index (χ1) is 20.3. The van der Waals surface area contributed by atoms with E-state index in [0.29, 0.717) is 29.6 Å². The Morgan fingerprint density at radius 1 is 1.14 bits per heavy atom. The molecule has 3 aromatic rings. The van der Waals surface area contributed by atoms with Crippen LogP contribution >= 0.6 is 24.0 Å². The van der Waals surface area contributed by atoms with E-state index in [-0.39, 0.29) is 41.4 Å². The molecule has 44 heavy (non-hydrogen) atoms. The molecule has 0 aliphatic carbocycles. The van der Waals surface area contributed by atoms with Gasteiger partial charge in [0.05, 0.1) is 30.0 Å². The molecule has 1 fully saturated rings. The van der Waals surface area contributed by atoms with E-state index in [4.69, 9.17) is 16.3 Å². The second kappa shape index (κ2) is 13.9. The van der Waals surface area contributed by atoms with Crippen LogP contribution in [0.3, 0.4) is 0 Å². The molecule has 4 rings (SSSR count). The molecule has 1 aliphatic rings. The molecule has 2 heterocycles. The Balaban J connectivity index is 0.00000529. The quantitative estimate of drug-likeness (QED) is 0.249. The Bertz CT molecular complexity index is 1570. The highest BCUT2D eigenvalue weighted by Gasteiger charge is 2.44. The number of methoxy groups -OCH3 is 1. The van der Waals surface area contributed by atoms with Gasteiger partial charge in [0.2, 0.25) is 17.7 Å². The normalized spacial score (nSPS) is 15.8. The number of hydrogen-bond donors (Lipinski definition) is 4. The van der Waals surface area contributed by atoms with Gasteiger partial charge < -0.3 is 30.9 Å². The molecule has 1 saturated heterocycles. The molecular weight excluding hydrogens is 619 g/mol. The van der Waals surface area contributed by atoms with Crippen molar-refractivity contribution in [1.82, 2.24) is 25.5 Å². The van der Waals surface area contributed by atoms with Gasteiger partial charge in [-0.3, -0.25) is 14.4 Å². The maximum Gasteiger partial charge on any atom is 0.247 e. The van der Waals surface area contributed by atoms with Crippen molar-refractivity contribution in [2.24, 2.45) is 5.41 Å². The van der Waals surface area contributed by atoms with Crippen molar-refractivity contribution >= 4 is 69.8 Å². The summed E-state index contributed by atoms with van der Waals surface area (Å²) < 4.78 is 33.7. The number of rotatable bonds is 9. The molecule has 11 nitrogen and oxygen atoms in total. The van der Waals surface area contributed by atoms with Gasteiger partial charge in [-0.05, 0) is 44.0 Å². The zero-order valence-corrected chi connectivity index (χ0v) is 26.6. The lowest BCUT2D eigenvalue weighted by molar-refractivity contribution is -0.150. The molecule has 0 saturated carbocycles. The Morgan fingerprint density at radius 3 is 2.43 bits per heavy atom. The maximum atomic E-state index is 14.6. The summed E-state index contributed by atoms with van der Waals surface area (Å²) in [6, 6.07) is 3.20. The molecule has 3 amide bonds. The van der Waals surface area contributed by atoms with E-state index < -0.39 is 46.1 Å². The van der Waals surface area contributed by atoms with Crippen LogP contribution in [0.25, 0.3) is 10.9 Å². The van der Waals surface area contributed by atoms with Crippen molar-refractivity contribution in [3.05, 3.63) is 47.2 Å². The summed E-state index contributed by atoms with van der Waals surface area (Å²) in [6.45, 7) is 7.56. The number of fused-ring (bicyclic) bond motifs is 1. The summed E-state index contributed by atoms with van der Waals surface area (Å²) in [4.78, 5) is 49.5. The Morgan fingerprint density at radius 2 is 1.84 bits per heavy atom. The third-order valence-corrected chi connectivity index (χ3v) is 7.68. The van der Waals surface area contributed by atoms with Gasteiger partial charge in [-0.1, -0.05) is 32.4 Å². The van der Waals surface area contributed by atoms with Crippen LogP contribution in [-0.2, 0) is 14.4 Å². The average Bonchev–Trinajstić information content (AvgIpc) is 2.94. The van der Waals surface area contributed by atoms with E-state index in [1.807, 2.05) is 20.8 Å². The van der Waals surface area contributed by atoms with Crippen LogP contribution in [0.4, 0.5) is 26.0 Å². The van der Waals surface area contributed by atoms with E-state index in [2.05, 4.69) is 31.2 Å². The second-order valence-corrected chi connectivity index (χ2v) is 11.7. The topological polar surface area (TPSA) is 138 Å². The van der Waals surface area contributed by atoms with Crippen molar-refractivity contribution in [3.8, 4) is 5.75 Å². The van der Waals surface area contributed by atoms with Gasteiger partial charge in [0.25, 0.3) is 0 Å². The zero-order valence-electron chi connectivity index (χ0n) is 25.0. The van der Waals surface area contributed by atoms with E-state index >= 15 is 0 Å². The smallest absolute Gasteiger partial charge is 0.247 e. The van der Waals surface area contributed by atoms with Gasteiger partial charge in [-0.2, -0.15) is 0 Å². The largest absolute Gasteiger partial charge is 0.494 e. The molecule has 0 radical (unpaired) electrons. The molecule has 1 aromatic heterocycles. The number of amides is 3. The average molecular weight is 655 g/mol. The van der Waals surface area contributed by atoms with Gasteiger partial charge >= 0.3 is 0 Å².